The lowest BCUT2D eigenvalue weighted by Gasteiger charge is -2.08. The maximum atomic E-state index is 11.7. The third kappa shape index (κ3) is 4.72. The first kappa shape index (κ1) is 14.5. The fourth-order valence-corrected chi connectivity index (χ4v) is 1.61. The van der Waals surface area contributed by atoms with Gasteiger partial charge in [0.05, 0.1) is 6.10 Å². The van der Waals surface area contributed by atoms with E-state index >= 15 is 0 Å². The van der Waals surface area contributed by atoms with Gasteiger partial charge < -0.3 is 10.4 Å². The maximum absolute atomic E-state index is 11.7. The van der Waals surface area contributed by atoms with Gasteiger partial charge in [0.15, 0.2) is 0 Å². The molecule has 0 aliphatic heterocycles. The molecule has 0 bridgehead atoms. The number of nitrogens with one attached hydrogen (secondary N) is 1. The molecule has 18 heavy (non-hydrogen) atoms. The van der Waals surface area contributed by atoms with Crippen LogP contribution in [0.15, 0.2) is 30.3 Å². The highest BCUT2D eigenvalue weighted by Gasteiger charge is 2.04. The molecule has 0 aliphatic carbocycles. The normalized spacial score (nSPS) is 13.2. The predicted octanol–water partition coefficient (Wildman–Crippen LogP) is 2.29. The lowest BCUT2D eigenvalue weighted by Crippen LogP contribution is -2.29. The van der Waals surface area contributed by atoms with Gasteiger partial charge in [-0.2, -0.15) is 0 Å². The predicted molar refractivity (Wildman–Crippen MR) is 74.1 cm³/mol. The number of allylic oxidation sites excluding steroid dienone is 1. The zero-order valence-electron chi connectivity index (χ0n) is 11.2. The summed E-state index contributed by atoms with van der Waals surface area (Å²) in [6.07, 6.45) is 1.88. The second-order valence-corrected chi connectivity index (χ2v) is 4.48. The van der Waals surface area contributed by atoms with Crippen molar-refractivity contribution in [3.05, 3.63) is 41.5 Å². The third-order valence-electron chi connectivity index (χ3n) is 2.68. The average Bonchev–Trinajstić information content (AvgIpc) is 2.34. The molecule has 1 unspecified atom stereocenters. The maximum Gasteiger partial charge on any atom is 0.244 e. The zero-order chi connectivity index (χ0) is 13.5. The average molecular weight is 247 g/mol. The molecule has 1 atom stereocenters. The Hall–Kier alpha value is -1.61. The highest BCUT2D eigenvalue weighted by atomic mass is 16.3. The van der Waals surface area contributed by atoms with Crippen LogP contribution in [0.1, 0.15) is 31.4 Å². The minimum absolute atomic E-state index is 0.159. The second kappa shape index (κ2) is 6.97. The molecular formula is C15H21NO2. The number of amides is 1. The van der Waals surface area contributed by atoms with Gasteiger partial charge in [-0.3, -0.25) is 4.79 Å². The van der Waals surface area contributed by atoms with Gasteiger partial charge in [-0.25, -0.2) is 0 Å². The van der Waals surface area contributed by atoms with Crippen molar-refractivity contribution in [2.75, 3.05) is 6.54 Å². The van der Waals surface area contributed by atoms with Gasteiger partial charge in [-0.1, -0.05) is 36.8 Å². The van der Waals surface area contributed by atoms with E-state index in [-0.39, 0.29) is 12.5 Å². The number of hydrogen-bond donors (Lipinski definition) is 2. The van der Waals surface area contributed by atoms with Crippen LogP contribution in [-0.2, 0) is 4.79 Å². The first-order valence-electron chi connectivity index (χ1n) is 6.26. The van der Waals surface area contributed by atoms with Crippen LogP contribution in [0, 0.1) is 6.92 Å². The van der Waals surface area contributed by atoms with E-state index < -0.39 is 6.10 Å². The van der Waals surface area contributed by atoms with E-state index in [9.17, 15) is 4.79 Å². The summed E-state index contributed by atoms with van der Waals surface area (Å²) in [5.74, 6) is -0.159. The van der Waals surface area contributed by atoms with Crippen molar-refractivity contribution in [1.82, 2.24) is 5.32 Å². The number of rotatable bonds is 5. The molecule has 0 heterocycles. The third-order valence-corrected chi connectivity index (χ3v) is 2.68. The van der Waals surface area contributed by atoms with Gasteiger partial charge >= 0.3 is 0 Å². The lowest BCUT2D eigenvalue weighted by atomic mass is 10.0. The van der Waals surface area contributed by atoms with E-state index in [0.717, 1.165) is 17.6 Å². The largest absolute Gasteiger partial charge is 0.392 e. The molecule has 98 valence electrons. The van der Waals surface area contributed by atoms with E-state index in [0.29, 0.717) is 0 Å². The lowest BCUT2D eigenvalue weighted by molar-refractivity contribution is -0.116. The number of carbonyl (C=O) groups is 1. The van der Waals surface area contributed by atoms with Gasteiger partial charge in [0.1, 0.15) is 0 Å². The van der Waals surface area contributed by atoms with Crippen LogP contribution in [0.3, 0.4) is 0 Å². The fourth-order valence-electron chi connectivity index (χ4n) is 1.61. The summed E-state index contributed by atoms with van der Waals surface area (Å²) in [4.78, 5) is 11.7. The van der Waals surface area contributed by atoms with Crippen molar-refractivity contribution in [3.8, 4) is 0 Å². The monoisotopic (exact) mass is 247 g/mol. The van der Waals surface area contributed by atoms with Gasteiger partial charge in [0, 0.05) is 12.6 Å². The molecule has 1 rings (SSSR count). The number of benzene rings is 1. The Kier molecular flexibility index (Phi) is 5.59. The highest BCUT2D eigenvalue weighted by molar-refractivity contribution is 5.95. The molecule has 3 heteroatoms. The molecule has 1 aromatic carbocycles. The molecule has 1 aromatic rings. The summed E-state index contributed by atoms with van der Waals surface area (Å²) < 4.78 is 0. The Morgan fingerprint density at radius 3 is 2.50 bits per heavy atom. The van der Waals surface area contributed by atoms with E-state index in [2.05, 4.69) is 5.32 Å². The minimum atomic E-state index is -0.521. The van der Waals surface area contributed by atoms with Gasteiger partial charge in [0.2, 0.25) is 5.91 Å². The second-order valence-electron chi connectivity index (χ2n) is 4.48. The molecule has 0 saturated heterocycles. The van der Waals surface area contributed by atoms with Crippen LogP contribution in [0.5, 0.6) is 0 Å². The summed E-state index contributed by atoms with van der Waals surface area (Å²) in [5, 5.41) is 11.8. The van der Waals surface area contributed by atoms with Crippen LogP contribution in [-0.4, -0.2) is 23.7 Å². The van der Waals surface area contributed by atoms with Crippen molar-refractivity contribution >= 4 is 11.5 Å². The Morgan fingerprint density at radius 2 is 2.00 bits per heavy atom. The number of aliphatic hydroxyl groups is 1. The van der Waals surface area contributed by atoms with Crippen molar-refractivity contribution < 1.29 is 9.90 Å². The van der Waals surface area contributed by atoms with E-state index in [1.165, 1.54) is 5.56 Å². The van der Waals surface area contributed by atoms with Crippen LogP contribution in [0.4, 0.5) is 0 Å². The van der Waals surface area contributed by atoms with Gasteiger partial charge in [0.25, 0.3) is 0 Å². The summed E-state index contributed by atoms with van der Waals surface area (Å²) in [7, 11) is 0. The Bertz CT molecular complexity index is 419. The summed E-state index contributed by atoms with van der Waals surface area (Å²) in [5.41, 5.74) is 3.26. The van der Waals surface area contributed by atoms with Crippen molar-refractivity contribution in [3.63, 3.8) is 0 Å². The number of aryl methyl sites for hydroxylation is 1. The molecule has 0 saturated carbocycles. The number of hydrogen-bond acceptors (Lipinski definition) is 2. The number of aliphatic hydroxyl groups excluding tert-OH is 1. The van der Waals surface area contributed by atoms with Crippen molar-refractivity contribution in [2.24, 2.45) is 0 Å². The molecule has 2 N–H and O–H groups in total. The van der Waals surface area contributed by atoms with E-state index in [1.54, 1.807) is 13.0 Å². The molecule has 0 fully saturated rings. The van der Waals surface area contributed by atoms with Crippen molar-refractivity contribution in [2.45, 2.75) is 33.3 Å². The molecule has 0 aliphatic rings. The van der Waals surface area contributed by atoms with Crippen LogP contribution in [0.25, 0.3) is 5.57 Å². The van der Waals surface area contributed by atoms with E-state index in [1.807, 2.05) is 38.1 Å². The topological polar surface area (TPSA) is 49.3 Å². The molecule has 0 aromatic heterocycles. The van der Waals surface area contributed by atoms with Crippen LogP contribution in [0.2, 0.25) is 0 Å². The van der Waals surface area contributed by atoms with Gasteiger partial charge in [-0.05, 0) is 31.4 Å². The molecule has 1 amide bonds. The Labute approximate surface area is 109 Å². The zero-order valence-corrected chi connectivity index (χ0v) is 11.2. The molecule has 0 radical (unpaired) electrons. The summed E-state index contributed by atoms with van der Waals surface area (Å²) in [6, 6.07) is 8.11. The quantitative estimate of drug-likeness (QED) is 0.784. The summed E-state index contributed by atoms with van der Waals surface area (Å²) >= 11 is 0. The molecular weight excluding hydrogens is 226 g/mol. The minimum Gasteiger partial charge on any atom is -0.392 e. The molecule has 3 nitrogen and oxygen atoms in total. The Balaban J connectivity index is 2.76. The fraction of sp³-hybridized carbons (Fsp3) is 0.400. The van der Waals surface area contributed by atoms with Crippen LogP contribution < -0.4 is 5.32 Å². The molecule has 0 spiro atoms. The highest BCUT2D eigenvalue weighted by Crippen LogP contribution is 2.18. The van der Waals surface area contributed by atoms with E-state index in [4.69, 9.17) is 5.11 Å². The Morgan fingerprint density at radius 1 is 1.39 bits per heavy atom. The smallest absolute Gasteiger partial charge is 0.244 e. The standard InChI is InChI=1S/C15H21NO2/c1-4-13(9-15(18)16-10-12(3)17)14-7-5-11(2)6-8-14/h5-9,12,17H,4,10H2,1-3H3,(H,16,18)/b13-9-. The van der Waals surface area contributed by atoms with Gasteiger partial charge in [-0.15, -0.1) is 0 Å². The van der Waals surface area contributed by atoms with Crippen molar-refractivity contribution in [1.29, 1.82) is 0 Å². The first-order valence-corrected chi connectivity index (χ1v) is 6.26. The number of carbonyl (C=O) groups excluding carboxylic acids is 1. The first-order chi connectivity index (χ1) is 8.52. The SMILES string of the molecule is CC/C(=C/C(=O)NCC(C)O)c1ccc(C)cc1. The van der Waals surface area contributed by atoms with Crippen LogP contribution >= 0.6 is 0 Å². The summed E-state index contributed by atoms with van der Waals surface area (Å²) in [6.45, 7) is 5.98.